The minimum atomic E-state index is -1.56. The Balaban J connectivity index is 3.90. The fourth-order valence-electron chi connectivity index (χ4n) is 0.508. The maximum absolute atomic E-state index is 8.47. The summed E-state index contributed by atoms with van der Waals surface area (Å²) in [7, 11) is -1.56. The quantitative estimate of drug-likeness (QED) is 0.461. The van der Waals surface area contributed by atoms with Crippen molar-refractivity contribution in [2.45, 2.75) is 25.7 Å². The molecule has 10 heavy (non-hydrogen) atoms. The molecular formula is C7H13NOSi. The van der Waals surface area contributed by atoms with Crippen LogP contribution in [0.2, 0.25) is 19.6 Å². The first kappa shape index (κ1) is 9.41. The molecular weight excluding hydrogens is 142 g/mol. The summed E-state index contributed by atoms with van der Waals surface area (Å²) in [5, 5.41) is 8.47. The van der Waals surface area contributed by atoms with Gasteiger partial charge in [0.2, 0.25) is 0 Å². The molecule has 0 amide bonds. The minimum Gasteiger partial charge on any atom is -0.399 e. The van der Waals surface area contributed by atoms with Crippen molar-refractivity contribution < 1.29 is 4.43 Å². The zero-order valence-electron chi connectivity index (χ0n) is 6.72. The molecule has 2 nitrogen and oxygen atoms in total. The largest absolute Gasteiger partial charge is 0.399 e. The maximum Gasteiger partial charge on any atom is 0.185 e. The van der Waals surface area contributed by atoms with Crippen molar-refractivity contribution in [2.24, 2.45) is 0 Å². The van der Waals surface area contributed by atoms with Crippen LogP contribution in [0.4, 0.5) is 0 Å². The van der Waals surface area contributed by atoms with Crippen LogP contribution < -0.4 is 0 Å². The van der Waals surface area contributed by atoms with Gasteiger partial charge < -0.3 is 4.43 Å². The SMILES string of the molecule is C=C[C@H](C#N)O[Si](C)(C)C. The van der Waals surface area contributed by atoms with Gasteiger partial charge in [0.1, 0.15) is 0 Å². The van der Waals surface area contributed by atoms with Gasteiger partial charge in [0, 0.05) is 0 Å². The number of hydrogen-bond acceptors (Lipinski definition) is 2. The van der Waals surface area contributed by atoms with Crippen molar-refractivity contribution in [3.63, 3.8) is 0 Å². The van der Waals surface area contributed by atoms with E-state index in [0.717, 1.165) is 0 Å². The van der Waals surface area contributed by atoms with Gasteiger partial charge in [0.25, 0.3) is 0 Å². The van der Waals surface area contributed by atoms with Gasteiger partial charge in [-0.1, -0.05) is 6.58 Å². The van der Waals surface area contributed by atoms with E-state index in [4.69, 9.17) is 9.69 Å². The van der Waals surface area contributed by atoms with Gasteiger partial charge in [-0.05, 0) is 25.7 Å². The molecule has 3 heteroatoms. The molecule has 0 fully saturated rings. The van der Waals surface area contributed by atoms with Crippen LogP contribution in [0.5, 0.6) is 0 Å². The van der Waals surface area contributed by atoms with Crippen LogP contribution >= 0.6 is 0 Å². The fraction of sp³-hybridized carbons (Fsp3) is 0.571. The Morgan fingerprint density at radius 1 is 1.60 bits per heavy atom. The summed E-state index contributed by atoms with van der Waals surface area (Å²) < 4.78 is 5.40. The zero-order valence-corrected chi connectivity index (χ0v) is 7.72. The lowest BCUT2D eigenvalue weighted by Gasteiger charge is -2.18. The molecule has 0 bridgehead atoms. The van der Waals surface area contributed by atoms with Crippen molar-refractivity contribution in [1.82, 2.24) is 0 Å². The molecule has 0 aromatic heterocycles. The van der Waals surface area contributed by atoms with Gasteiger partial charge in [-0.25, -0.2) is 0 Å². The van der Waals surface area contributed by atoms with Crippen LogP contribution in [0.3, 0.4) is 0 Å². The van der Waals surface area contributed by atoms with E-state index in [1.54, 1.807) is 0 Å². The smallest absolute Gasteiger partial charge is 0.185 e. The van der Waals surface area contributed by atoms with Gasteiger partial charge in [-0.3, -0.25) is 0 Å². The fourth-order valence-corrected chi connectivity index (χ4v) is 1.42. The predicted octanol–water partition coefficient (Wildman–Crippen LogP) is 1.92. The highest BCUT2D eigenvalue weighted by molar-refractivity contribution is 6.69. The van der Waals surface area contributed by atoms with E-state index in [0.29, 0.717) is 0 Å². The van der Waals surface area contributed by atoms with E-state index in [2.05, 4.69) is 6.58 Å². The number of rotatable bonds is 3. The van der Waals surface area contributed by atoms with E-state index in [1.807, 2.05) is 25.7 Å². The van der Waals surface area contributed by atoms with E-state index < -0.39 is 14.4 Å². The Morgan fingerprint density at radius 3 is 2.20 bits per heavy atom. The molecule has 56 valence electrons. The lowest BCUT2D eigenvalue weighted by atomic mass is 10.4. The highest BCUT2D eigenvalue weighted by Gasteiger charge is 2.18. The van der Waals surface area contributed by atoms with Gasteiger partial charge in [0.15, 0.2) is 14.4 Å². The van der Waals surface area contributed by atoms with Crippen LogP contribution in [0, 0.1) is 11.3 Å². The van der Waals surface area contributed by atoms with E-state index in [-0.39, 0.29) is 0 Å². The Morgan fingerprint density at radius 2 is 2.10 bits per heavy atom. The molecule has 0 heterocycles. The van der Waals surface area contributed by atoms with Crippen LogP contribution in [-0.2, 0) is 4.43 Å². The molecule has 0 rings (SSSR count). The minimum absolute atomic E-state index is 0.424. The Bertz CT molecular complexity index is 154. The number of nitriles is 1. The Labute approximate surface area is 63.2 Å². The molecule has 0 aliphatic heterocycles. The molecule has 0 spiro atoms. The molecule has 0 radical (unpaired) electrons. The first-order valence-corrected chi connectivity index (χ1v) is 6.60. The summed E-state index contributed by atoms with van der Waals surface area (Å²) in [4.78, 5) is 0. The van der Waals surface area contributed by atoms with Crippen LogP contribution in [0.15, 0.2) is 12.7 Å². The molecule has 0 aliphatic rings. The Hall–Kier alpha value is -0.593. The second-order valence-electron chi connectivity index (χ2n) is 3.02. The molecule has 1 atom stereocenters. The predicted molar refractivity (Wildman–Crippen MR) is 44.0 cm³/mol. The topological polar surface area (TPSA) is 33.0 Å². The monoisotopic (exact) mass is 155 g/mol. The highest BCUT2D eigenvalue weighted by Crippen LogP contribution is 2.06. The third-order valence-electron chi connectivity index (χ3n) is 0.822. The summed E-state index contributed by atoms with van der Waals surface area (Å²) in [6.07, 6.45) is 1.10. The van der Waals surface area contributed by atoms with E-state index in [9.17, 15) is 0 Å². The zero-order chi connectivity index (χ0) is 8.20. The lowest BCUT2D eigenvalue weighted by molar-refractivity contribution is 0.296. The number of hydrogen-bond donors (Lipinski definition) is 0. The number of nitrogens with zero attached hydrogens (tertiary/aromatic N) is 1. The summed E-state index contributed by atoms with van der Waals surface area (Å²) in [5.74, 6) is 0. The van der Waals surface area contributed by atoms with E-state index in [1.165, 1.54) is 6.08 Å². The Kier molecular flexibility index (Phi) is 3.33. The van der Waals surface area contributed by atoms with Crippen molar-refractivity contribution in [3.05, 3.63) is 12.7 Å². The first-order chi connectivity index (χ1) is 4.49. The van der Waals surface area contributed by atoms with Crippen LogP contribution in [0.25, 0.3) is 0 Å². The lowest BCUT2D eigenvalue weighted by Crippen LogP contribution is -2.30. The second kappa shape index (κ2) is 3.54. The standard InChI is InChI=1S/C7H13NOSi/c1-5-7(6-8)9-10(2,3)4/h5,7H,1H2,2-4H3/t7-/m1/s1. The molecule has 0 aromatic rings. The second-order valence-corrected chi connectivity index (χ2v) is 7.48. The van der Waals surface area contributed by atoms with Gasteiger partial charge in [0.05, 0.1) is 6.07 Å². The molecule has 0 aromatic carbocycles. The molecule has 0 N–H and O–H groups in total. The van der Waals surface area contributed by atoms with Crippen molar-refractivity contribution >= 4 is 8.32 Å². The first-order valence-electron chi connectivity index (χ1n) is 3.19. The maximum atomic E-state index is 8.47. The molecule has 0 saturated carbocycles. The molecule has 0 aliphatic carbocycles. The van der Waals surface area contributed by atoms with Crippen molar-refractivity contribution in [1.29, 1.82) is 5.26 Å². The van der Waals surface area contributed by atoms with Gasteiger partial charge in [-0.15, -0.1) is 0 Å². The highest BCUT2D eigenvalue weighted by atomic mass is 28.4. The summed E-state index contributed by atoms with van der Waals surface area (Å²) in [6, 6.07) is 2.00. The van der Waals surface area contributed by atoms with Gasteiger partial charge in [-0.2, -0.15) is 5.26 Å². The van der Waals surface area contributed by atoms with Gasteiger partial charge >= 0.3 is 0 Å². The molecule has 0 unspecified atom stereocenters. The van der Waals surface area contributed by atoms with Crippen molar-refractivity contribution in [3.8, 4) is 6.07 Å². The summed E-state index contributed by atoms with van der Waals surface area (Å²) in [5.41, 5.74) is 0. The third kappa shape index (κ3) is 4.30. The van der Waals surface area contributed by atoms with Crippen molar-refractivity contribution in [2.75, 3.05) is 0 Å². The van der Waals surface area contributed by atoms with Crippen LogP contribution in [-0.4, -0.2) is 14.4 Å². The summed E-state index contributed by atoms with van der Waals surface area (Å²) >= 11 is 0. The average molecular weight is 155 g/mol. The van der Waals surface area contributed by atoms with E-state index >= 15 is 0 Å². The molecule has 0 saturated heterocycles. The third-order valence-corrected chi connectivity index (χ3v) is 1.78. The summed E-state index contributed by atoms with van der Waals surface area (Å²) in [6.45, 7) is 9.62. The normalized spacial score (nSPS) is 13.8. The van der Waals surface area contributed by atoms with Crippen LogP contribution in [0.1, 0.15) is 0 Å². The average Bonchev–Trinajstić information content (AvgIpc) is 1.81.